The minimum atomic E-state index is -4.27. The molecule has 0 aliphatic carbocycles. The number of nitrogens with two attached hydrogens (primary N) is 1. The van der Waals surface area contributed by atoms with Crippen molar-refractivity contribution in [3.05, 3.63) is 48.8 Å². The summed E-state index contributed by atoms with van der Waals surface area (Å²) < 4.78 is 33.1. The van der Waals surface area contributed by atoms with Crippen molar-refractivity contribution in [1.82, 2.24) is 0 Å². The van der Waals surface area contributed by atoms with Crippen molar-refractivity contribution in [3.63, 3.8) is 0 Å². The van der Waals surface area contributed by atoms with Gasteiger partial charge < -0.3 is 20.1 Å². The Bertz CT molecular complexity index is 905. The molecule has 0 aromatic rings. The monoisotopic (exact) mass is 726 g/mol. The standard InChI is InChI=1S/C41H76NO7P/c1-3-5-7-9-11-13-15-17-19-20-21-22-24-26-28-30-32-34-41(43)47-38-40(39-49-50(44,45)48-37-35-42)46-36-33-31-29-27-25-23-18-16-14-12-10-8-6-4-2/h11,13,17,19,21-22,33,36,40H,3-10,12,14-16,18,20,23-32,34-35,37-39,42H2,1-2H3,(H,44,45). The molecule has 8 nitrogen and oxygen atoms in total. The van der Waals surface area contributed by atoms with E-state index in [0.717, 1.165) is 57.8 Å². The van der Waals surface area contributed by atoms with Crippen molar-refractivity contribution in [2.75, 3.05) is 26.4 Å². The zero-order valence-electron chi connectivity index (χ0n) is 32.1. The quantitative estimate of drug-likeness (QED) is 0.0212. The van der Waals surface area contributed by atoms with Gasteiger partial charge in [0.05, 0.1) is 19.5 Å². The van der Waals surface area contributed by atoms with Crippen molar-refractivity contribution in [2.45, 2.75) is 180 Å². The van der Waals surface area contributed by atoms with Gasteiger partial charge in [-0.3, -0.25) is 13.8 Å². The van der Waals surface area contributed by atoms with E-state index in [1.54, 1.807) is 6.26 Å². The molecule has 0 radical (unpaired) electrons. The maximum absolute atomic E-state index is 12.4. The number of phosphoric ester groups is 1. The first-order valence-corrected chi connectivity index (χ1v) is 21.7. The summed E-state index contributed by atoms with van der Waals surface area (Å²) in [6, 6.07) is 0. The summed E-state index contributed by atoms with van der Waals surface area (Å²) in [5, 5.41) is 0. The Balaban J connectivity index is 4.16. The van der Waals surface area contributed by atoms with Gasteiger partial charge in [-0.15, -0.1) is 0 Å². The van der Waals surface area contributed by atoms with E-state index in [-0.39, 0.29) is 32.3 Å². The maximum atomic E-state index is 12.4. The molecule has 0 saturated heterocycles. The van der Waals surface area contributed by atoms with Gasteiger partial charge in [0, 0.05) is 13.0 Å². The third-order valence-corrected chi connectivity index (χ3v) is 9.32. The lowest BCUT2D eigenvalue weighted by Crippen LogP contribution is -2.25. The van der Waals surface area contributed by atoms with Gasteiger partial charge in [0.2, 0.25) is 0 Å². The van der Waals surface area contributed by atoms with Crippen LogP contribution in [0.25, 0.3) is 0 Å². The Kier molecular flexibility index (Phi) is 37.2. The van der Waals surface area contributed by atoms with Crippen LogP contribution in [0.5, 0.6) is 0 Å². The number of carbonyl (C=O) groups excluding carboxylic acids is 1. The molecule has 0 aliphatic heterocycles. The second kappa shape index (κ2) is 38.5. The van der Waals surface area contributed by atoms with Crippen LogP contribution < -0.4 is 5.73 Å². The molecule has 0 aromatic carbocycles. The molecule has 0 bridgehead atoms. The minimum absolute atomic E-state index is 0.0762. The van der Waals surface area contributed by atoms with E-state index in [2.05, 4.69) is 50.3 Å². The van der Waals surface area contributed by atoms with Gasteiger partial charge in [0.15, 0.2) is 6.10 Å². The molecule has 0 aromatic heterocycles. The average molecular weight is 726 g/mol. The average Bonchev–Trinajstić information content (AvgIpc) is 3.11. The molecule has 2 atom stereocenters. The van der Waals surface area contributed by atoms with Gasteiger partial charge in [0.25, 0.3) is 0 Å². The number of unbranched alkanes of at least 4 members (excludes halogenated alkanes) is 19. The first-order chi connectivity index (χ1) is 24.4. The van der Waals surface area contributed by atoms with Crippen LogP contribution in [0, 0.1) is 0 Å². The maximum Gasteiger partial charge on any atom is 0.472 e. The molecule has 50 heavy (non-hydrogen) atoms. The van der Waals surface area contributed by atoms with Crippen molar-refractivity contribution in [2.24, 2.45) is 5.73 Å². The third-order valence-electron chi connectivity index (χ3n) is 8.34. The Morgan fingerprint density at radius 1 is 0.620 bits per heavy atom. The number of phosphoric acid groups is 1. The van der Waals surface area contributed by atoms with E-state index < -0.39 is 13.9 Å². The third kappa shape index (κ3) is 37.6. The van der Waals surface area contributed by atoms with Crippen LogP contribution in [-0.4, -0.2) is 43.3 Å². The fourth-order valence-corrected chi connectivity index (χ4v) is 6.05. The van der Waals surface area contributed by atoms with Crippen LogP contribution in [0.4, 0.5) is 0 Å². The van der Waals surface area contributed by atoms with Crippen molar-refractivity contribution < 1.29 is 32.8 Å². The zero-order valence-corrected chi connectivity index (χ0v) is 33.0. The summed E-state index contributed by atoms with van der Waals surface area (Å²) in [6.07, 6.45) is 45.1. The molecule has 292 valence electrons. The smallest absolute Gasteiger partial charge is 0.472 e. The van der Waals surface area contributed by atoms with E-state index in [0.29, 0.717) is 6.42 Å². The van der Waals surface area contributed by atoms with Crippen molar-refractivity contribution in [1.29, 1.82) is 0 Å². The number of carbonyl (C=O) groups is 1. The molecule has 0 fully saturated rings. The van der Waals surface area contributed by atoms with Crippen LogP contribution in [-0.2, 0) is 27.9 Å². The van der Waals surface area contributed by atoms with E-state index in [4.69, 9.17) is 24.3 Å². The molecule has 0 saturated carbocycles. The summed E-state index contributed by atoms with van der Waals surface area (Å²) in [4.78, 5) is 22.2. The normalized spacial score (nSPS) is 14.0. The molecule has 0 amide bonds. The topological polar surface area (TPSA) is 117 Å². The Morgan fingerprint density at radius 3 is 1.64 bits per heavy atom. The molecule has 3 N–H and O–H groups in total. The van der Waals surface area contributed by atoms with Crippen molar-refractivity contribution in [3.8, 4) is 0 Å². The Morgan fingerprint density at radius 2 is 1.08 bits per heavy atom. The highest BCUT2D eigenvalue weighted by atomic mass is 31.2. The predicted molar refractivity (Wildman–Crippen MR) is 210 cm³/mol. The first kappa shape index (κ1) is 48.3. The molecular weight excluding hydrogens is 649 g/mol. The summed E-state index contributed by atoms with van der Waals surface area (Å²) in [5.41, 5.74) is 5.35. The molecule has 2 unspecified atom stereocenters. The number of allylic oxidation sites excluding steroid dienone is 7. The van der Waals surface area contributed by atoms with Crippen LogP contribution in [0.3, 0.4) is 0 Å². The second-order valence-corrected chi connectivity index (χ2v) is 14.7. The summed E-state index contributed by atoms with van der Waals surface area (Å²) in [5.74, 6) is -0.312. The van der Waals surface area contributed by atoms with E-state index in [9.17, 15) is 14.3 Å². The van der Waals surface area contributed by atoms with Gasteiger partial charge >= 0.3 is 13.8 Å². The fourth-order valence-electron chi connectivity index (χ4n) is 5.28. The van der Waals surface area contributed by atoms with Crippen LogP contribution >= 0.6 is 7.82 Å². The number of hydrogen-bond acceptors (Lipinski definition) is 7. The molecular formula is C41H76NO7P. The highest BCUT2D eigenvalue weighted by molar-refractivity contribution is 7.47. The summed E-state index contributed by atoms with van der Waals surface area (Å²) in [6.45, 7) is 4.15. The SMILES string of the molecule is CCCCCC=CCC=CCC=CCCCCCCC(=O)OCC(COP(=O)(O)OCCN)OC=CCCCCCCCCCCCCCC. The molecule has 9 heteroatoms. The van der Waals surface area contributed by atoms with Crippen molar-refractivity contribution >= 4 is 13.8 Å². The van der Waals surface area contributed by atoms with Crippen LogP contribution in [0.15, 0.2) is 48.8 Å². The fraction of sp³-hybridized carbons (Fsp3) is 0.780. The van der Waals surface area contributed by atoms with E-state index >= 15 is 0 Å². The lowest BCUT2D eigenvalue weighted by Gasteiger charge is -2.19. The van der Waals surface area contributed by atoms with E-state index in [1.807, 2.05) is 6.08 Å². The molecule has 0 aliphatic rings. The number of esters is 1. The van der Waals surface area contributed by atoms with Gasteiger partial charge in [-0.1, -0.05) is 147 Å². The first-order valence-electron chi connectivity index (χ1n) is 20.2. The Hall–Kier alpha value is -1.70. The lowest BCUT2D eigenvalue weighted by atomic mass is 10.0. The largest absolute Gasteiger partial charge is 0.492 e. The molecule has 0 spiro atoms. The lowest BCUT2D eigenvalue weighted by molar-refractivity contribution is -0.147. The van der Waals surface area contributed by atoms with Crippen LogP contribution in [0.1, 0.15) is 174 Å². The van der Waals surface area contributed by atoms with Crippen LogP contribution in [0.2, 0.25) is 0 Å². The summed E-state index contributed by atoms with van der Waals surface area (Å²) in [7, 11) is -4.27. The molecule has 0 rings (SSSR count). The predicted octanol–water partition coefficient (Wildman–Crippen LogP) is 12.0. The molecule has 0 heterocycles. The van der Waals surface area contributed by atoms with Gasteiger partial charge in [-0.05, 0) is 63.9 Å². The minimum Gasteiger partial charge on any atom is -0.492 e. The zero-order chi connectivity index (χ0) is 36.6. The highest BCUT2D eigenvalue weighted by Gasteiger charge is 2.24. The van der Waals surface area contributed by atoms with E-state index in [1.165, 1.54) is 96.3 Å². The number of hydrogen-bond donors (Lipinski definition) is 2. The Labute approximate surface area is 307 Å². The summed E-state index contributed by atoms with van der Waals surface area (Å²) >= 11 is 0. The second-order valence-electron chi connectivity index (χ2n) is 13.2. The van der Waals surface area contributed by atoms with Gasteiger partial charge in [-0.2, -0.15) is 0 Å². The number of ether oxygens (including phenoxy) is 2. The van der Waals surface area contributed by atoms with Gasteiger partial charge in [-0.25, -0.2) is 4.57 Å². The highest BCUT2D eigenvalue weighted by Crippen LogP contribution is 2.43. The van der Waals surface area contributed by atoms with Gasteiger partial charge in [0.1, 0.15) is 6.61 Å². The number of rotatable bonds is 38.